The van der Waals surface area contributed by atoms with Gasteiger partial charge in [0.2, 0.25) is 0 Å². The van der Waals surface area contributed by atoms with Gasteiger partial charge in [0.15, 0.2) is 5.78 Å². The highest BCUT2D eigenvalue weighted by molar-refractivity contribution is 9.10. The van der Waals surface area contributed by atoms with Crippen LogP contribution in [0.2, 0.25) is 0 Å². The lowest BCUT2D eigenvalue weighted by molar-refractivity contribution is -0.137. The third kappa shape index (κ3) is 2.50. The molecule has 1 atom stereocenters. The zero-order valence-electron chi connectivity index (χ0n) is 11.2. The van der Waals surface area contributed by atoms with Crippen LogP contribution in [-0.4, -0.2) is 18.0 Å². The predicted molar refractivity (Wildman–Crippen MR) is 78.5 cm³/mol. The van der Waals surface area contributed by atoms with Gasteiger partial charge in [-0.15, -0.1) is 0 Å². The Kier molecular flexibility index (Phi) is 3.52. The number of aryl methyl sites for hydroxylation is 1. The van der Waals surface area contributed by atoms with Gasteiger partial charge in [-0.1, -0.05) is 22.0 Å². The quantitative estimate of drug-likeness (QED) is 0.759. The average Bonchev–Trinajstić information content (AvgIpc) is 2.36. The fraction of sp³-hybridized carbons (Fsp3) is 0.562. The largest absolute Gasteiger partial charge is 0.375 e. The standard InChI is InChI=1S/C16H19BrO2/c1-11-3-4-13(14(17)9-11)15(18)12-5-8-19-16(10-12)6-2-7-16/h3-4,9,12H,2,5-8,10H2,1H3. The van der Waals surface area contributed by atoms with Crippen molar-refractivity contribution in [3.63, 3.8) is 0 Å². The number of halogens is 1. The van der Waals surface area contributed by atoms with Crippen LogP contribution in [0.4, 0.5) is 0 Å². The Morgan fingerprint density at radius 2 is 2.21 bits per heavy atom. The van der Waals surface area contributed by atoms with Crippen molar-refractivity contribution in [1.29, 1.82) is 0 Å². The van der Waals surface area contributed by atoms with Gasteiger partial charge in [0.05, 0.1) is 5.60 Å². The van der Waals surface area contributed by atoms with Crippen molar-refractivity contribution in [2.45, 2.75) is 44.6 Å². The van der Waals surface area contributed by atoms with Crippen molar-refractivity contribution in [3.8, 4) is 0 Å². The zero-order chi connectivity index (χ0) is 13.5. The third-order valence-electron chi connectivity index (χ3n) is 4.52. The average molecular weight is 323 g/mol. The topological polar surface area (TPSA) is 26.3 Å². The van der Waals surface area contributed by atoms with Crippen molar-refractivity contribution in [2.75, 3.05) is 6.61 Å². The van der Waals surface area contributed by atoms with E-state index in [2.05, 4.69) is 15.9 Å². The van der Waals surface area contributed by atoms with Crippen LogP contribution in [0.3, 0.4) is 0 Å². The Morgan fingerprint density at radius 1 is 1.42 bits per heavy atom. The fourth-order valence-corrected chi connectivity index (χ4v) is 3.90. The maximum absolute atomic E-state index is 12.7. The smallest absolute Gasteiger partial charge is 0.167 e. The van der Waals surface area contributed by atoms with Gasteiger partial charge in [-0.3, -0.25) is 4.79 Å². The molecule has 0 bridgehead atoms. The van der Waals surface area contributed by atoms with Gasteiger partial charge in [-0.25, -0.2) is 0 Å². The molecular formula is C16H19BrO2. The molecule has 1 heterocycles. The Bertz CT molecular complexity index is 505. The lowest BCUT2D eigenvalue weighted by Crippen LogP contribution is -2.47. The summed E-state index contributed by atoms with van der Waals surface area (Å²) in [4.78, 5) is 12.7. The molecular weight excluding hydrogens is 304 g/mol. The second-order valence-corrected chi connectivity index (χ2v) is 6.78. The first-order chi connectivity index (χ1) is 9.10. The molecule has 2 fully saturated rings. The molecule has 1 spiro atoms. The van der Waals surface area contributed by atoms with Crippen molar-refractivity contribution in [1.82, 2.24) is 0 Å². The Morgan fingerprint density at radius 3 is 2.84 bits per heavy atom. The van der Waals surface area contributed by atoms with E-state index in [9.17, 15) is 4.79 Å². The Hall–Kier alpha value is -0.670. The highest BCUT2D eigenvalue weighted by Crippen LogP contribution is 2.45. The minimum Gasteiger partial charge on any atom is -0.375 e. The fourth-order valence-electron chi connectivity index (χ4n) is 3.21. The van der Waals surface area contributed by atoms with Crippen LogP contribution >= 0.6 is 15.9 Å². The SMILES string of the molecule is Cc1ccc(C(=O)C2CCOC3(CCC3)C2)c(Br)c1. The number of benzene rings is 1. The van der Waals surface area contributed by atoms with Gasteiger partial charge in [0.1, 0.15) is 0 Å². The molecule has 19 heavy (non-hydrogen) atoms. The molecule has 1 saturated carbocycles. The van der Waals surface area contributed by atoms with Gasteiger partial charge in [-0.05, 0) is 56.7 Å². The minimum atomic E-state index is 0.0375. The summed E-state index contributed by atoms with van der Waals surface area (Å²) < 4.78 is 6.83. The molecule has 3 rings (SSSR count). The van der Waals surface area contributed by atoms with E-state index in [1.165, 1.54) is 12.0 Å². The number of carbonyl (C=O) groups is 1. The predicted octanol–water partition coefficient (Wildman–Crippen LogP) is 4.29. The van der Waals surface area contributed by atoms with Crippen molar-refractivity contribution < 1.29 is 9.53 Å². The summed E-state index contributed by atoms with van der Waals surface area (Å²) in [6.45, 7) is 2.77. The number of rotatable bonds is 2. The van der Waals surface area contributed by atoms with Crippen LogP contribution in [0.5, 0.6) is 0 Å². The number of ether oxygens (including phenoxy) is 1. The minimum absolute atomic E-state index is 0.0375. The van der Waals surface area contributed by atoms with Crippen LogP contribution in [0, 0.1) is 12.8 Å². The molecule has 1 aromatic rings. The summed E-state index contributed by atoms with van der Waals surface area (Å²) in [6, 6.07) is 5.98. The molecule has 2 nitrogen and oxygen atoms in total. The van der Waals surface area contributed by atoms with E-state index >= 15 is 0 Å². The summed E-state index contributed by atoms with van der Waals surface area (Å²) >= 11 is 3.52. The highest BCUT2D eigenvalue weighted by atomic mass is 79.9. The van der Waals surface area contributed by atoms with Gasteiger partial charge < -0.3 is 4.74 Å². The lowest BCUT2D eigenvalue weighted by atomic mass is 9.70. The number of hydrogen-bond acceptors (Lipinski definition) is 2. The summed E-state index contributed by atoms with van der Waals surface area (Å²) in [5, 5.41) is 0. The molecule has 1 aromatic carbocycles. The molecule has 1 aliphatic carbocycles. The first-order valence-corrected chi connectivity index (χ1v) is 7.83. The van der Waals surface area contributed by atoms with Gasteiger partial charge in [-0.2, -0.15) is 0 Å². The number of hydrogen-bond donors (Lipinski definition) is 0. The maximum Gasteiger partial charge on any atom is 0.167 e. The second kappa shape index (κ2) is 5.02. The first-order valence-electron chi connectivity index (χ1n) is 7.04. The number of Topliss-reactive ketones (excluding diaryl/α,β-unsaturated/α-hetero) is 1. The molecule has 1 saturated heterocycles. The molecule has 0 radical (unpaired) electrons. The maximum atomic E-state index is 12.7. The van der Waals surface area contributed by atoms with Crippen molar-refractivity contribution >= 4 is 21.7 Å². The lowest BCUT2D eigenvalue weighted by Gasteiger charge is -2.46. The van der Waals surface area contributed by atoms with Crippen molar-refractivity contribution in [3.05, 3.63) is 33.8 Å². The van der Waals surface area contributed by atoms with Crippen molar-refractivity contribution in [2.24, 2.45) is 5.92 Å². The van der Waals surface area contributed by atoms with E-state index in [-0.39, 0.29) is 17.3 Å². The van der Waals surface area contributed by atoms with E-state index in [0.717, 1.165) is 42.3 Å². The second-order valence-electron chi connectivity index (χ2n) is 5.92. The van der Waals surface area contributed by atoms with E-state index in [4.69, 9.17) is 4.74 Å². The number of carbonyl (C=O) groups excluding carboxylic acids is 1. The Labute approximate surface area is 122 Å². The zero-order valence-corrected chi connectivity index (χ0v) is 12.8. The summed E-state index contributed by atoms with van der Waals surface area (Å²) in [5.41, 5.74) is 2.04. The van der Waals surface area contributed by atoms with Crippen LogP contribution in [0.15, 0.2) is 22.7 Å². The van der Waals surface area contributed by atoms with Gasteiger partial charge in [0.25, 0.3) is 0 Å². The normalized spacial score (nSPS) is 25.1. The molecule has 1 aliphatic heterocycles. The van der Waals surface area contributed by atoms with Gasteiger partial charge >= 0.3 is 0 Å². The Balaban J connectivity index is 1.79. The molecule has 0 amide bonds. The molecule has 1 unspecified atom stereocenters. The van der Waals surface area contributed by atoms with E-state index in [1.807, 2.05) is 25.1 Å². The molecule has 0 N–H and O–H groups in total. The van der Waals surface area contributed by atoms with E-state index < -0.39 is 0 Å². The molecule has 102 valence electrons. The van der Waals surface area contributed by atoms with E-state index in [0.29, 0.717) is 0 Å². The van der Waals surface area contributed by atoms with Crippen LogP contribution in [-0.2, 0) is 4.74 Å². The first kappa shape index (κ1) is 13.3. The van der Waals surface area contributed by atoms with Crippen LogP contribution in [0.25, 0.3) is 0 Å². The molecule has 0 aromatic heterocycles. The monoisotopic (exact) mass is 322 g/mol. The molecule has 2 aliphatic rings. The summed E-state index contributed by atoms with van der Waals surface area (Å²) in [5.74, 6) is 0.412. The van der Waals surface area contributed by atoms with E-state index in [1.54, 1.807) is 0 Å². The highest BCUT2D eigenvalue weighted by Gasteiger charge is 2.44. The van der Waals surface area contributed by atoms with Crippen LogP contribution in [0.1, 0.15) is 48.0 Å². The third-order valence-corrected chi connectivity index (χ3v) is 5.17. The summed E-state index contributed by atoms with van der Waals surface area (Å²) in [7, 11) is 0. The number of ketones is 1. The summed E-state index contributed by atoms with van der Waals surface area (Å²) in [6.07, 6.45) is 5.28. The van der Waals surface area contributed by atoms with Crippen LogP contribution < -0.4 is 0 Å². The van der Waals surface area contributed by atoms with Gasteiger partial charge in [0, 0.05) is 22.6 Å². The molecule has 3 heteroatoms.